The molecule has 0 N–H and O–H groups in total. The highest BCUT2D eigenvalue weighted by atomic mass is 14.0. The Bertz CT molecular complexity index is 398. The molecule has 0 atom stereocenters. The molecule has 2 aromatic rings. The molecule has 0 saturated carbocycles. The summed E-state index contributed by atoms with van der Waals surface area (Å²) >= 11 is 0. The fraction of sp³-hybridized carbons (Fsp3) is 0.143. The standard InChI is InChI=1S/C14H14/c1-11-5-3-7-13(9-11)14-8-4-6-12(2)10-14/h3-10H,1-2H3. The Labute approximate surface area is 85.2 Å². The fourth-order valence-corrected chi connectivity index (χ4v) is 1.65. The number of rotatable bonds is 1. The fourth-order valence-electron chi connectivity index (χ4n) is 1.65. The lowest BCUT2D eigenvalue weighted by atomic mass is 10.0. The molecule has 2 rings (SSSR count). The summed E-state index contributed by atoms with van der Waals surface area (Å²) < 4.78 is 0. The Balaban J connectivity index is 2.49. The number of hydrogen-bond acceptors (Lipinski definition) is 0. The lowest BCUT2D eigenvalue weighted by Gasteiger charge is -2.03. The highest BCUT2D eigenvalue weighted by molar-refractivity contribution is 5.64. The maximum absolute atomic E-state index is 2.22. The van der Waals surface area contributed by atoms with Crippen molar-refractivity contribution in [2.24, 2.45) is 0 Å². The third-order valence-corrected chi connectivity index (χ3v) is 2.37. The zero-order valence-corrected chi connectivity index (χ0v) is 8.62. The Kier molecular flexibility index (Phi) is 2.36. The van der Waals surface area contributed by atoms with Crippen molar-refractivity contribution in [1.29, 1.82) is 0 Å². The second-order valence-electron chi connectivity index (χ2n) is 3.74. The van der Waals surface area contributed by atoms with Crippen molar-refractivity contribution >= 4 is 0 Å². The lowest BCUT2D eigenvalue weighted by molar-refractivity contribution is 1.44. The van der Waals surface area contributed by atoms with Crippen LogP contribution in [-0.4, -0.2) is 0 Å². The van der Waals surface area contributed by atoms with E-state index in [4.69, 9.17) is 0 Å². The second-order valence-corrected chi connectivity index (χ2v) is 3.74. The predicted molar refractivity (Wildman–Crippen MR) is 61.4 cm³/mol. The molecule has 0 aliphatic carbocycles. The molecule has 0 radical (unpaired) electrons. The first-order chi connectivity index (χ1) is 6.75. The van der Waals surface area contributed by atoms with Crippen LogP contribution in [-0.2, 0) is 0 Å². The van der Waals surface area contributed by atoms with Crippen LogP contribution in [0.1, 0.15) is 11.1 Å². The van der Waals surface area contributed by atoms with E-state index in [0.29, 0.717) is 0 Å². The quantitative estimate of drug-likeness (QED) is 0.626. The summed E-state index contributed by atoms with van der Waals surface area (Å²) in [6.45, 7) is 4.25. The van der Waals surface area contributed by atoms with E-state index in [2.05, 4.69) is 62.4 Å². The monoisotopic (exact) mass is 182 g/mol. The van der Waals surface area contributed by atoms with Gasteiger partial charge in [-0.05, 0) is 25.0 Å². The molecule has 70 valence electrons. The van der Waals surface area contributed by atoms with Gasteiger partial charge in [-0.25, -0.2) is 0 Å². The lowest BCUT2D eigenvalue weighted by Crippen LogP contribution is -1.80. The van der Waals surface area contributed by atoms with Crippen molar-refractivity contribution in [3.63, 3.8) is 0 Å². The zero-order valence-electron chi connectivity index (χ0n) is 8.62. The van der Waals surface area contributed by atoms with E-state index in [0.717, 1.165) is 0 Å². The molecule has 0 spiro atoms. The highest BCUT2D eigenvalue weighted by Crippen LogP contribution is 2.20. The molecule has 0 nitrogen and oxygen atoms in total. The molecule has 14 heavy (non-hydrogen) atoms. The maximum Gasteiger partial charge on any atom is -0.0181 e. The van der Waals surface area contributed by atoms with E-state index < -0.39 is 0 Å². The highest BCUT2D eigenvalue weighted by Gasteiger charge is 1.96. The summed E-state index contributed by atoms with van der Waals surface area (Å²) in [5.41, 5.74) is 5.22. The van der Waals surface area contributed by atoms with Gasteiger partial charge in [0.15, 0.2) is 0 Å². The van der Waals surface area contributed by atoms with E-state index in [-0.39, 0.29) is 0 Å². The third-order valence-electron chi connectivity index (χ3n) is 2.37. The molecule has 2 aromatic carbocycles. The van der Waals surface area contributed by atoms with Gasteiger partial charge in [0.1, 0.15) is 0 Å². The zero-order chi connectivity index (χ0) is 9.97. The van der Waals surface area contributed by atoms with Gasteiger partial charge in [0.25, 0.3) is 0 Å². The van der Waals surface area contributed by atoms with Gasteiger partial charge in [0.2, 0.25) is 0 Å². The number of benzene rings is 2. The minimum Gasteiger partial charge on any atom is -0.0614 e. The topological polar surface area (TPSA) is 0 Å². The van der Waals surface area contributed by atoms with Crippen LogP contribution in [0.4, 0.5) is 0 Å². The molecule has 0 aliphatic rings. The molecular formula is C14H14. The SMILES string of the molecule is Cc1cccc(-c2cccc(C)c2)c1. The normalized spacial score (nSPS) is 10.1. The maximum atomic E-state index is 2.22. The molecule has 0 fully saturated rings. The van der Waals surface area contributed by atoms with Gasteiger partial charge in [0.05, 0.1) is 0 Å². The van der Waals surface area contributed by atoms with Crippen LogP contribution in [0.2, 0.25) is 0 Å². The Morgan fingerprint density at radius 1 is 0.643 bits per heavy atom. The van der Waals surface area contributed by atoms with E-state index in [1.165, 1.54) is 22.3 Å². The summed E-state index contributed by atoms with van der Waals surface area (Å²) in [6, 6.07) is 17.2. The smallest absolute Gasteiger partial charge is 0.0181 e. The first-order valence-corrected chi connectivity index (χ1v) is 4.89. The molecule has 0 heteroatoms. The first-order valence-electron chi connectivity index (χ1n) is 4.89. The van der Waals surface area contributed by atoms with Crippen molar-refractivity contribution in [1.82, 2.24) is 0 Å². The number of hydrogen-bond donors (Lipinski definition) is 0. The van der Waals surface area contributed by atoms with Crippen molar-refractivity contribution in [3.8, 4) is 11.1 Å². The average Bonchev–Trinajstić information content (AvgIpc) is 2.18. The predicted octanol–water partition coefficient (Wildman–Crippen LogP) is 3.97. The Hall–Kier alpha value is -1.56. The summed E-state index contributed by atoms with van der Waals surface area (Å²) in [5.74, 6) is 0. The van der Waals surface area contributed by atoms with Crippen LogP contribution >= 0.6 is 0 Å². The van der Waals surface area contributed by atoms with Crippen molar-refractivity contribution in [3.05, 3.63) is 59.7 Å². The number of aryl methyl sites for hydroxylation is 2. The van der Waals surface area contributed by atoms with Crippen LogP contribution in [0.5, 0.6) is 0 Å². The minimum atomic E-state index is 1.30. The van der Waals surface area contributed by atoms with Gasteiger partial charge in [-0.3, -0.25) is 0 Å². The molecule has 0 aliphatic heterocycles. The van der Waals surface area contributed by atoms with Gasteiger partial charge in [-0.2, -0.15) is 0 Å². The largest absolute Gasteiger partial charge is 0.0614 e. The molecular weight excluding hydrogens is 168 g/mol. The van der Waals surface area contributed by atoms with E-state index in [9.17, 15) is 0 Å². The summed E-state index contributed by atoms with van der Waals surface area (Å²) in [4.78, 5) is 0. The molecule has 0 unspecified atom stereocenters. The van der Waals surface area contributed by atoms with Gasteiger partial charge in [-0.1, -0.05) is 59.7 Å². The molecule has 0 bridgehead atoms. The first kappa shape index (κ1) is 9.01. The molecule has 0 aromatic heterocycles. The van der Waals surface area contributed by atoms with Gasteiger partial charge in [-0.15, -0.1) is 0 Å². The van der Waals surface area contributed by atoms with E-state index in [1.807, 2.05) is 0 Å². The Morgan fingerprint density at radius 2 is 1.07 bits per heavy atom. The summed E-state index contributed by atoms with van der Waals surface area (Å²) in [7, 11) is 0. The third kappa shape index (κ3) is 1.85. The van der Waals surface area contributed by atoms with Gasteiger partial charge >= 0.3 is 0 Å². The molecule has 0 heterocycles. The summed E-state index contributed by atoms with van der Waals surface area (Å²) in [6.07, 6.45) is 0. The van der Waals surface area contributed by atoms with Crippen LogP contribution in [0, 0.1) is 13.8 Å². The molecule has 0 saturated heterocycles. The van der Waals surface area contributed by atoms with Crippen LogP contribution in [0.3, 0.4) is 0 Å². The van der Waals surface area contributed by atoms with Crippen LogP contribution < -0.4 is 0 Å². The van der Waals surface area contributed by atoms with Gasteiger partial charge < -0.3 is 0 Å². The summed E-state index contributed by atoms with van der Waals surface area (Å²) in [5, 5.41) is 0. The van der Waals surface area contributed by atoms with Crippen molar-refractivity contribution in [2.45, 2.75) is 13.8 Å². The van der Waals surface area contributed by atoms with E-state index >= 15 is 0 Å². The van der Waals surface area contributed by atoms with Crippen molar-refractivity contribution < 1.29 is 0 Å². The van der Waals surface area contributed by atoms with Crippen molar-refractivity contribution in [2.75, 3.05) is 0 Å². The Morgan fingerprint density at radius 3 is 1.43 bits per heavy atom. The van der Waals surface area contributed by atoms with E-state index in [1.54, 1.807) is 0 Å². The second kappa shape index (κ2) is 3.67. The average molecular weight is 182 g/mol. The molecule has 0 amide bonds. The van der Waals surface area contributed by atoms with Crippen LogP contribution in [0.15, 0.2) is 48.5 Å². The van der Waals surface area contributed by atoms with Gasteiger partial charge in [0, 0.05) is 0 Å². The van der Waals surface area contributed by atoms with Crippen LogP contribution in [0.25, 0.3) is 11.1 Å². The minimum absolute atomic E-state index is 1.30.